The van der Waals surface area contributed by atoms with Crippen LogP contribution in [0.15, 0.2) is 42.7 Å². The van der Waals surface area contributed by atoms with Crippen LogP contribution in [-0.2, 0) is 4.79 Å². The summed E-state index contributed by atoms with van der Waals surface area (Å²) >= 11 is 0. The molecule has 0 spiro atoms. The normalized spacial score (nSPS) is 14.5. The third kappa shape index (κ3) is 5.46. The molecule has 1 aromatic carbocycles. The van der Waals surface area contributed by atoms with Crippen LogP contribution in [-0.4, -0.2) is 72.5 Å². The molecule has 3 rings (SSSR count). The van der Waals surface area contributed by atoms with Crippen LogP contribution in [0.3, 0.4) is 0 Å². The fourth-order valence-electron chi connectivity index (χ4n) is 2.94. The zero-order chi connectivity index (χ0) is 19.8. The maximum absolute atomic E-state index is 13.5. The van der Waals surface area contributed by atoms with E-state index in [4.69, 9.17) is 0 Å². The van der Waals surface area contributed by atoms with Crippen molar-refractivity contribution in [3.05, 3.63) is 54.1 Å². The van der Waals surface area contributed by atoms with E-state index in [2.05, 4.69) is 30.4 Å². The van der Waals surface area contributed by atoms with Gasteiger partial charge in [-0.25, -0.2) is 14.4 Å². The van der Waals surface area contributed by atoms with Crippen LogP contribution in [0, 0.1) is 5.82 Å². The number of benzene rings is 1. The van der Waals surface area contributed by atoms with Crippen molar-refractivity contribution in [1.82, 2.24) is 25.5 Å². The van der Waals surface area contributed by atoms with Gasteiger partial charge in [-0.2, -0.15) is 0 Å². The number of aromatic nitrogens is 2. The molecule has 1 aromatic heterocycles. The summed E-state index contributed by atoms with van der Waals surface area (Å²) in [5.41, 5.74) is -0.0735. The minimum absolute atomic E-state index is 0.0735. The molecule has 0 bridgehead atoms. The van der Waals surface area contributed by atoms with E-state index in [1.54, 1.807) is 24.5 Å². The maximum Gasteiger partial charge on any atom is 0.254 e. The number of hydrogen-bond donors (Lipinski definition) is 2. The quantitative estimate of drug-likeness (QED) is 0.711. The van der Waals surface area contributed by atoms with E-state index in [1.165, 1.54) is 18.2 Å². The Balaban J connectivity index is 1.32. The number of nitrogens with zero attached hydrogens (tertiary/aromatic N) is 4. The lowest BCUT2D eigenvalue weighted by molar-refractivity contribution is -0.120. The van der Waals surface area contributed by atoms with Crippen LogP contribution in [0.2, 0.25) is 0 Å². The number of nitrogens with one attached hydrogen (secondary N) is 2. The van der Waals surface area contributed by atoms with Gasteiger partial charge in [-0.15, -0.1) is 0 Å². The van der Waals surface area contributed by atoms with E-state index in [1.807, 2.05) is 0 Å². The molecule has 1 fully saturated rings. The summed E-state index contributed by atoms with van der Waals surface area (Å²) in [4.78, 5) is 36.7. The van der Waals surface area contributed by atoms with Gasteiger partial charge in [-0.1, -0.05) is 12.1 Å². The highest BCUT2D eigenvalue weighted by molar-refractivity contribution is 5.96. The van der Waals surface area contributed by atoms with Gasteiger partial charge in [-0.05, 0) is 18.2 Å². The number of hydrogen-bond acceptors (Lipinski definition) is 6. The third-order valence-electron chi connectivity index (χ3n) is 4.49. The summed E-state index contributed by atoms with van der Waals surface area (Å²) in [7, 11) is 0. The molecule has 8 nitrogen and oxygen atoms in total. The van der Waals surface area contributed by atoms with Crippen molar-refractivity contribution in [3.8, 4) is 0 Å². The van der Waals surface area contributed by atoms with Crippen LogP contribution in [0.4, 0.5) is 10.3 Å². The maximum atomic E-state index is 13.5. The summed E-state index contributed by atoms with van der Waals surface area (Å²) in [6.45, 7) is 4.39. The van der Waals surface area contributed by atoms with Crippen LogP contribution in [0.5, 0.6) is 0 Å². The molecule has 2 N–H and O–H groups in total. The number of amides is 2. The van der Waals surface area contributed by atoms with E-state index >= 15 is 0 Å². The molecule has 0 radical (unpaired) electrons. The monoisotopic (exact) mass is 386 g/mol. The van der Waals surface area contributed by atoms with Crippen molar-refractivity contribution in [2.45, 2.75) is 0 Å². The molecular formula is C19H23FN6O2. The van der Waals surface area contributed by atoms with Crippen LogP contribution in [0.1, 0.15) is 10.4 Å². The van der Waals surface area contributed by atoms with E-state index in [0.717, 1.165) is 38.7 Å². The molecule has 9 heteroatoms. The summed E-state index contributed by atoms with van der Waals surface area (Å²) < 4.78 is 13.5. The zero-order valence-electron chi connectivity index (χ0n) is 15.5. The Labute approximate surface area is 162 Å². The molecule has 28 heavy (non-hydrogen) atoms. The first-order chi connectivity index (χ1) is 13.6. The highest BCUT2D eigenvalue weighted by atomic mass is 19.1. The van der Waals surface area contributed by atoms with Crippen LogP contribution in [0.25, 0.3) is 0 Å². The molecule has 0 atom stereocenters. The van der Waals surface area contributed by atoms with E-state index in [9.17, 15) is 14.0 Å². The first-order valence-corrected chi connectivity index (χ1v) is 9.17. The van der Waals surface area contributed by atoms with Crippen molar-refractivity contribution in [2.75, 3.05) is 50.7 Å². The van der Waals surface area contributed by atoms with Gasteiger partial charge < -0.3 is 15.5 Å². The first-order valence-electron chi connectivity index (χ1n) is 9.17. The average Bonchev–Trinajstić information content (AvgIpc) is 2.73. The van der Waals surface area contributed by atoms with Crippen LogP contribution < -0.4 is 15.5 Å². The van der Waals surface area contributed by atoms with E-state index < -0.39 is 11.7 Å². The molecule has 2 amide bonds. The van der Waals surface area contributed by atoms with Crippen molar-refractivity contribution in [3.63, 3.8) is 0 Å². The van der Waals surface area contributed by atoms with E-state index in [-0.39, 0.29) is 18.0 Å². The molecule has 0 aliphatic carbocycles. The molecule has 0 unspecified atom stereocenters. The number of rotatable bonds is 7. The van der Waals surface area contributed by atoms with Gasteiger partial charge in [0, 0.05) is 51.7 Å². The molecule has 148 valence electrons. The van der Waals surface area contributed by atoms with Gasteiger partial charge in [-0.3, -0.25) is 14.5 Å². The van der Waals surface area contributed by atoms with Crippen LogP contribution >= 0.6 is 0 Å². The molecule has 1 saturated heterocycles. The number of carbonyl (C=O) groups excluding carboxylic acids is 2. The molecule has 2 aromatic rings. The first kappa shape index (κ1) is 19.7. The highest BCUT2D eigenvalue weighted by Gasteiger charge is 2.18. The zero-order valence-corrected chi connectivity index (χ0v) is 15.5. The van der Waals surface area contributed by atoms with Gasteiger partial charge in [0.1, 0.15) is 5.82 Å². The summed E-state index contributed by atoms with van der Waals surface area (Å²) in [6.07, 6.45) is 3.46. The SMILES string of the molecule is O=C(CNC(=O)c1ccccc1F)NCCN1CCN(c2ncccn2)CC1. The lowest BCUT2D eigenvalue weighted by Gasteiger charge is -2.34. The van der Waals surface area contributed by atoms with E-state index in [0.29, 0.717) is 6.54 Å². The molecule has 2 heterocycles. The van der Waals surface area contributed by atoms with Gasteiger partial charge in [0.2, 0.25) is 11.9 Å². The largest absolute Gasteiger partial charge is 0.353 e. The topological polar surface area (TPSA) is 90.5 Å². The predicted molar refractivity (Wildman–Crippen MR) is 102 cm³/mol. The van der Waals surface area contributed by atoms with Gasteiger partial charge in [0.15, 0.2) is 0 Å². The minimum atomic E-state index is -0.611. The molecule has 1 aliphatic heterocycles. The fraction of sp³-hybridized carbons (Fsp3) is 0.368. The minimum Gasteiger partial charge on any atom is -0.353 e. The Bertz CT molecular complexity index is 796. The Morgan fingerprint density at radius 2 is 1.71 bits per heavy atom. The predicted octanol–water partition coefficient (Wildman–Crippen LogP) is 0.284. The Morgan fingerprint density at radius 3 is 2.43 bits per heavy atom. The summed E-state index contributed by atoms with van der Waals surface area (Å²) in [5.74, 6) is -0.782. The smallest absolute Gasteiger partial charge is 0.254 e. The number of carbonyl (C=O) groups is 2. The Morgan fingerprint density at radius 1 is 1.00 bits per heavy atom. The Hall–Kier alpha value is -3.07. The van der Waals surface area contributed by atoms with Gasteiger partial charge in [0.05, 0.1) is 12.1 Å². The lowest BCUT2D eigenvalue weighted by Crippen LogP contribution is -2.49. The van der Waals surface area contributed by atoms with Gasteiger partial charge >= 0.3 is 0 Å². The average molecular weight is 386 g/mol. The summed E-state index contributed by atoms with van der Waals surface area (Å²) in [6, 6.07) is 7.45. The second kappa shape index (κ2) is 9.75. The second-order valence-corrected chi connectivity index (χ2v) is 6.39. The standard InChI is InChI=1S/C19H23FN6O2/c20-16-5-2-1-4-15(16)18(28)24-14-17(27)21-8-9-25-10-12-26(13-11-25)19-22-6-3-7-23-19/h1-7H,8-14H2,(H,21,27)(H,24,28). The fourth-order valence-corrected chi connectivity index (χ4v) is 2.94. The number of halogens is 1. The number of anilines is 1. The molecule has 1 aliphatic rings. The second-order valence-electron chi connectivity index (χ2n) is 6.39. The third-order valence-corrected chi connectivity index (χ3v) is 4.49. The van der Waals surface area contributed by atoms with Crippen molar-refractivity contribution in [1.29, 1.82) is 0 Å². The summed E-state index contributed by atoms with van der Waals surface area (Å²) in [5, 5.41) is 5.19. The number of piperazine rings is 1. The Kier molecular flexibility index (Phi) is 6.85. The van der Waals surface area contributed by atoms with Crippen molar-refractivity contribution >= 4 is 17.8 Å². The van der Waals surface area contributed by atoms with Crippen molar-refractivity contribution in [2.24, 2.45) is 0 Å². The van der Waals surface area contributed by atoms with Gasteiger partial charge in [0.25, 0.3) is 5.91 Å². The molecule has 0 saturated carbocycles. The molecular weight excluding hydrogens is 363 g/mol. The lowest BCUT2D eigenvalue weighted by atomic mass is 10.2. The highest BCUT2D eigenvalue weighted by Crippen LogP contribution is 2.09. The van der Waals surface area contributed by atoms with Crippen molar-refractivity contribution < 1.29 is 14.0 Å².